The summed E-state index contributed by atoms with van der Waals surface area (Å²) in [7, 11) is 0. The van der Waals surface area contributed by atoms with Crippen molar-refractivity contribution in [1.82, 2.24) is 25.1 Å². The number of amides is 2. The van der Waals surface area contributed by atoms with Crippen molar-refractivity contribution in [2.75, 3.05) is 26.2 Å². The fourth-order valence-corrected chi connectivity index (χ4v) is 7.05. The lowest BCUT2D eigenvalue weighted by Crippen LogP contribution is -2.43. The second-order valence-electron chi connectivity index (χ2n) is 13.5. The number of fused-ring (bicyclic) bond motifs is 1. The highest BCUT2D eigenvalue weighted by molar-refractivity contribution is 5.76. The number of unbranched alkanes of at least 4 members (excludes halogenated alkanes) is 2. The molecule has 0 spiro atoms. The molecule has 2 saturated heterocycles. The molecular formula is C39H49N5O6. The van der Waals surface area contributed by atoms with Gasteiger partial charge in [0.2, 0.25) is 11.8 Å². The lowest BCUT2D eigenvalue weighted by atomic mass is 9.98. The number of benzene rings is 3. The van der Waals surface area contributed by atoms with Gasteiger partial charge in [0.15, 0.2) is 6.29 Å². The van der Waals surface area contributed by atoms with E-state index in [0.29, 0.717) is 25.9 Å². The Labute approximate surface area is 293 Å². The smallest absolute Gasteiger partial charge is 0.326 e. The summed E-state index contributed by atoms with van der Waals surface area (Å²) in [6.45, 7) is 5.09. The van der Waals surface area contributed by atoms with Crippen molar-refractivity contribution in [1.29, 1.82) is 0 Å². The first-order valence-electron chi connectivity index (χ1n) is 17.9. The van der Waals surface area contributed by atoms with Gasteiger partial charge in [-0.1, -0.05) is 67.1 Å². The van der Waals surface area contributed by atoms with Crippen LogP contribution in [0.15, 0.2) is 77.6 Å². The summed E-state index contributed by atoms with van der Waals surface area (Å²) in [5.41, 5.74) is 5.60. The van der Waals surface area contributed by atoms with Crippen LogP contribution in [0.3, 0.4) is 0 Å². The molecule has 3 atom stereocenters. The van der Waals surface area contributed by atoms with Gasteiger partial charge in [-0.15, -0.1) is 0 Å². The minimum Gasteiger partial charge on any atom is -0.392 e. The van der Waals surface area contributed by atoms with E-state index >= 15 is 0 Å². The van der Waals surface area contributed by atoms with Gasteiger partial charge in [0, 0.05) is 64.1 Å². The predicted molar refractivity (Wildman–Crippen MR) is 191 cm³/mol. The van der Waals surface area contributed by atoms with E-state index in [4.69, 9.17) is 9.47 Å². The quantitative estimate of drug-likeness (QED) is 0.137. The van der Waals surface area contributed by atoms with Crippen molar-refractivity contribution < 1.29 is 24.2 Å². The summed E-state index contributed by atoms with van der Waals surface area (Å²) in [6, 6.07) is 24.0. The van der Waals surface area contributed by atoms with Gasteiger partial charge in [0.25, 0.3) is 0 Å². The topological polar surface area (TPSA) is 138 Å². The SMILES string of the molecule is CC(=O)NCCCCCC(=O)NCc1ccc([C@H]2O[C@@H](CN3CCC(n4c(=O)[nH]c5ccccc54)CC3)C[C@@H](c3ccc(CO)cc3)O2)cc1. The molecule has 3 heterocycles. The van der Waals surface area contributed by atoms with Crippen LogP contribution in [0.5, 0.6) is 0 Å². The van der Waals surface area contributed by atoms with Gasteiger partial charge in [0.05, 0.1) is 29.8 Å². The summed E-state index contributed by atoms with van der Waals surface area (Å²) < 4.78 is 15.1. The second-order valence-corrected chi connectivity index (χ2v) is 13.5. The van der Waals surface area contributed by atoms with Gasteiger partial charge in [-0.3, -0.25) is 14.2 Å². The van der Waals surface area contributed by atoms with Crippen LogP contribution in [0.4, 0.5) is 0 Å². The first-order valence-corrected chi connectivity index (χ1v) is 17.9. The van der Waals surface area contributed by atoms with Crippen LogP contribution in [0.1, 0.15) is 92.6 Å². The maximum Gasteiger partial charge on any atom is 0.326 e. The van der Waals surface area contributed by atoms with Gasteiger partial charge >= 0.3 is 5.69 Å². The Morgan fingerprint density at radius 1 is 0.880 bits per heavy atom. The Hall–Kier alpha value is -4.29. The second kappa shape index (κ2) is 17.1. The van der Waals surface area contributed by atoms with Crippen molar-refractivity contribution in [3.8, 4) is 0 Å². The zero-order valence-electron chi connectivity index (χ0n) is 28.8. The number of hydrogen-bond donors (Lipinski definition) is 4. The first kappa shape index (κ1) is 35.5. The lowest BCUT2D eigenvalue weighted by molar-refractivity contribution is -0.253. The van der Waals surface area contributed by atoms with Crippen LogP contribution in [0.2, 0.25) is 0 Å². The number of aromatic nitrogens is 2. The first-order chi connectivity index (χ1) is 24.4. The Kier molecular flexibility index (Phi) is 12.1. The lowest BCUT2D eigenvalue weighted by Gasteiger charge is -2.40. The minimum atomic E-state index is -0.556. The summed E-state index contributed by atoms with van der Waals surface area (Å²) >= 11 is 0. The van der Waals surface area contributed by atoms with Crippen LogP contribution in [-0.2, 0) is 32.2 Å². The summed E-state index contributed by atoms with van der Waals surface area (Å²) in [5, 5.41) is 15.3. The number of imidazole rings is 1. The van der Waals surface area contributed by atoms with Gasteiger partial charge in [-0.05, 0) is 54.5 Å². The molecular weight excluding hydrogens is 634 g/mol. The molecule has 11 nitrogen and oxygen atoms in total. The van der Waals surface area contributed by atoms with E-state index in [9.17, 15) is 19.5 Å². The van der Waals surface area contributed by atoms with Crippen molar-refractivity contribution in [3.05, 3.63) is 106 Å². The number of piperidine rings is 1. The maximum absolute atomic E-state index is 12.8. The Morgan fingerprint density at radius 3 is 2.34 bits per heavy atom. The molecule has 6 rings (SSSR count). The van der Waals surface area contributed by atoms with Crippen LogP contribution in [0, 0.1) is 0 Å². The average molecular weight is 684 g/mol. The number of hydrogen-bond acceptors (Lipinski definition) is 7. The number of aliphatic hydroxyl groups excluding tert-OH is 1. The largest absolute Gasteiger partial charge is 0.392 e. The summed E-state index contributed by atoms with van der Waals surface area (Å²) in [6.07, 6.45) is 4.68. The maximum atomic E-state index is 12.8. The molecule has 50 heavy (non-hydrogen) atoms. The van der Waals surface area contributed by atoms with E-state index in [1.54, 1.807) is 0 Å². The third-order valence-corrected chi connectivity index (χ3v) is 9.82. The molecule has 0 saturated carbocycles. The molecule has 0 aliphatic carbocycles. The molecule has 0 unspecified atom stereocenters. The van der Waals surface area contributed by atoms with E-state index in [-0.39, 0.29) is 42.4 Å². The molecule has 2 amide bonds. The molecule has 11 heteroatoms. The number of aromatic amines is 1. The number of H-pyrrole nitrogens is 1. The summed E-state index contributed by atoms with van der Waals surface area (Å²) in [4.78, 5) is 41.6. The van der Waals surface area contributed by atoms with Crippen molar-refractivity contribution in [2.45, 2.75) is 89.6 Å². The number of rotatable bonds is 14. The Balaban J connectivity index is 1.05. The average Bonchev–Trinajstić information content (AvgIpc) is 3.48. The van der Waals surface area contributed by atoms with Crippen molar-refractivity contribution >= 4 is 22.8 Å². The van der Waals surface area contributed by atoms with E-state index in [1.807, 2.05) is 77.4 Å². The number of likely N-dealkylation sites (tertiary alicyclic amines) is 1. The molecule has 4 N–H and O–H groups in total. The number of aliphatic hydroxyl groups is 1. The Bertz CT molecular complexity index is 1760. The number of carbonyl (C=O) groups excluding carboxylic acids is 2. The van der Waals surface area contributed by atoms with E-state index in [2.05, 4.69) is 20.5 Å². The predicted octanol–water partition coefficient (Wildman–Crippen LogP) is 5.02. The minimum absolute atomic E-state index is 0.00642. The van der Waals surface area contributed by atoms with Crippen molar-refractivity contribution in [2.24, 2.45) is 0 Å². The molecule has 2 aliphatic heterocycles. The molecule has 0 bridgehead atoms. The molecule has 2 fully saturated rings. The molecule has 0 radical (unpaired) electrons. The third kappa shape index (κ3) is 9.28. The number of ether oxygens (including phenoxy) is 2. The Morgan fingerprint density at radius 2 is 1.60 bits per heavy atom. The standard InChI is InChI=1S/C39H49N5O6/c1-27(46)40-20-6-2-3-9-37(47)41-24-28-10-16-31(17-11-28)38-49-33(23-36(50-38)30-14-12-29(26-45)13-15-30)25-43-21-18-32(19-22-43)44-35-8-5-4-7-34(35)42-39(44)48/h4-5,7-8,10-17,32-33,36,38,45H,2-3,6,9,18-26H2,1H3,(H,40,46)(H,41,47)(H,42,48)/t33-,36+,38+/m1/s1. The number of nitrogens with one attached hydrogen (secondary N) is 3. The zero-order valence-corrected chi connectivity index (χ0v) is 28.8. The third-order valence-electron chi connectivity index (χ3n) is 9.82. The highest BCUT2D eigenvalue weighted by Gasteiger charge is 2.34. The van der Waals surface area contributed by atoms with Gasteiger partial charge < -0.3 is 35.1 Å². The van der Waals surface area contributed by atoms with Crippen LogP contribution >= 0.6 is 0 Å². The van der Waals surface area contributed by atoms with Gasteiger partial charge in [-0.2, -0.15) is 0 Å². The highest BCUT2D eigenvalue weighted by Crippen LogP contribution is 2.38. The fourth-order valence-electron chi connectivity index (χ4n) is 7.05. The summed E-state index contributed by atoms with van der Waals surface area (Å²) in [5.74, 6) is -0.0131. The molecule has 266 valence electrons. The van der Waals surface area contributed by atoms with Gasteiger partial charge in [-0.25, -0.2) is 4.79 Å². The van der Waals surface area contributed by atoms with Crippen LogP contribution in [-0.4, -0.2) is 63.7 Å². The molecule has 2 aliphatic rings. The van der Waals surface area contributed by atoms with Crippen LogP contribution in [0.25, 0.3) is 11.0 Å². The molecule has 4 aromatic rings. The van der Waals surface area contributed by atoms with Crippen LogP contribution < -0.4 is 16.3 Å². The molecule has 3 aromatic carbocycles. The monoisotopic (exact) mass is 683 g/mol. The van der Waals surface area contributed by atoms with Gasteiger partial charge in [0.1, 0.15) is 0 Å². The fraction of sp³-hybridized carbons (Fsp3) is 0.462. The number of nitrogens with zero attached hydrogens (tertiary/aromatic N) is 2. The normalized spacial score (nSPS) is 20.2. The van der Waals surface area contributed by atoms with E-state index in [1.165, 1.54) is 6.92 Å². The van der Waals surface area contributed by atoms with Crippen molar-refractivity contribution in [3.63, 3.8) is 0 Å². The molecule has 1 aromatic heterocycles. The number of carbonyl (C=O) groups is 2. The van der Waals surface area contributed by atoms with E-state index in [0.717, 1.165) is 85.0 Å². The van der Waals surface area contributed by atoms with E-state index < -0.39 is 6.29 Å². The highest BCUT2D eigenvalue weighted by atomic mass is 16.7. The zero-order chi connectivity index (χ0) is 34.9. The number of para-hydroxylation sites is 2.